The van der Waals surface area contributed by atoms with Gasteiger partial charge in [-0.05, 0) is 62.2 Å². The summed E-state index contributed by atoms with van der Waals surface area (Å²) in [6, 6.07) is 12.7. The smallest absolute Gasteiger partial charge is 0.258 e. The molecule has 0 spiro atoms. The number of fused-ring (bicyclic) bond motifs is 1. The van der Waals surface area contributed by atoms with Gasteiger partial charge in [-0.25, -0.2) is 8.42 Å². The highest BCUT2D eigenvalue weighted by Gasteiger charge is 2.28. The lowest BCUT2D eigenvalue weighted by Gasteiger charge is -2.22. The standard InChI is InChI=1S/C20H24N2O4S/c1-4-21(17-8-10-18(11-9-17)26-5-2)20(23)16-7-6-15-12-13-22(19(15)14-16)27(3,24)25/h6-11,14H,4-5,12-13H2,1-3H3. The second-order valence-electron chi connectivity index (χ2n) is 6.40. The Morgan fingerprint density at radius 3 is 2.44 bits per heavy atom. The van der Waals surface area contributed by atoms with Gasteiger partial charge in [0.05, 0.1) is 18.6 Å². The minimum Gasteiger partial charge on any atom is -0.494 e. The van der Waals surface area contributed by atoms with Gasteiger partial charge in [-0.15, -0.1) is 0 Å². The summed E-state index contributed by atoms with van der Waals surface area (Å²) in [6.45, 7) is 5.33. The van der Waals surface area contributed by atoms with Gasteiger partial charge >= 0.3 is 0 Å². The van der Waals surface area contributed by atoms with E-state index in [2.05, 4.69) is 0 Å². The Kier molecular flexibility index (Phi) is 5.41. The molecule has 3 rings (SSSR count). The van der Waals surface area contributed by atoms with Crippen LogP contribution < -0.4 is 13.9 Å². The summed E-state index contributed by atoms with van der Waals surface area (Å²) < 4.78 is 30.8. The molecular formula is C20H24N2O4S. The largest absolute Gasteiger partial charge is 0.494 e. The molecule has 144 valence electrons. The van der Waals surface area contributed by atoms with Crippen LogP contribution in [0.1, 0.15) is 29.8 Å². The molecule has 1 aliphatic heterocycles. The van der Waals surface area contributed by atoms with Crippen molar-refractivity contribution in [2.75, 3.05) is 35.2 Å². The number of rotatable bonds is 6. The molecule has 0 fully saturated rings. The molecule has 0 aliphatic carbocycles. The van der Waals surface area contributed by atoms with Crippen LogP contribution in [0.3, 0.4) is 0 Å². The predicted molar refractivity (Wildman–Crippen MR) is 107 cm³/mol. The monoisotopic (exact) mass is 388 g/mol. The number of hydrogen-bond donors (Lipinski definition) is 0. The minimum absolute atomic E-state index is 0.162. The van der Waals surface area contributed by atoms with E-state index in [9.17, 15) is 13.2 Å². The molecule has 27 heavy (non-hydrogen) atoms. The van der Waals surface area contributed by atoms with Crippen molar-refractivity contribution in [2.24, 2.45) is 0 Å². The van der Waals surface area contributed by atoms with Crippen molar-refractivity contribution < 1.29 is 17.9 Å². The Morgan fingerprint density at radius 1 is 1.15 bits per heavy atom. The van der Waals surface area contributed by atoms with Crippen LogP contribution in [0.4, 0.5) is 11.4 Å². The van der Waals surface area contributed by atoms with Gasteiger partial charge in [0.1, 0.15) is 5.75 Å². The summed E-state index contributed by atoms with van der Waals surface area (Å²) in [5, 5.41) is 0. The fraction of sp³-hybridized carbons (Fsp3) is 0.350. The molecule has 0 N–H and O–H groups in total. The molecule has 1 aliphatic rings. The SMILES string of the molecule is CCOc1ccc(N(CC)C(=O)c2ccc3c(c2)N(S(C)(=O)=O)CC3)cc1. The van der Waals surface area contributed by atoms with Crippen LogP contribution in [-0.2, 0) is 16.4 Å². The van der Waals surface area contributed by atoms with Gasteiger partial charge in [-0.3, -0.25) is 9.10 Å². The van der Waals surface area contributed by atoms with Gasteiger partial charge in [0, 0.05) is 24.3 Å². The number of anilines is 2. The third kappa shape index (κ3) is 3.93. The van der Waals surface area contributed by atoms with E-state index >= 15 is 0 Å². The van der Waals surface area contributed by atoms with Crippen molar-refractivity contribution in [3.8, 4) is 5.75 Å². The fourth-order valence-corrected chi connectivity index (χ4v) is 4.27. The first kappa shape index (κ1) is 19.2. The van der Waals surface area contributed by atoms with Crippen molar-refractivity contribution in [1.29, 1.82) is 0 Å². The predicted octanol–water partition coefficient (Wildman–Crippen LogP) is 3.07. The molecule has 0 saturated carbocycles. The van der Waals surface area contributed by atoms with Gasteiger partial charge in [-0.2, -0.15) is 0 Å². The van der Waals surface area contributed by atoms with Crippen molar-refractivity contribution in [3.05, 3.63) is 53.6 Å². The molecule has 6 nitrogen and oxygen atoms in total. The maximum Gasteiger partial charge on any atom is 0.258 e. The molecule has 0 bridgehead atoms. The summed E-state index contributed by atoms with van der Waals surface area (Å²) in [5.41, 5.74) is 2.79. The van der Waals surface area contributed by atoms with Crippen LogP contribution in [0, 0.1) is 0 Å². The Hall–Kier alpha value is -2.54. The number of nitrogens with zero attached hydrogens (tertiary/aromatic N) is 2. The summed E-state index contributed by atoms with van der Waals surface area (Å²) in [4.78, 5) is 14.7. The molecule has 2 aromatic rings. The zero-order chi connectivity index (χ0) is 19.6. The van der Waals surface area contributed by atoms with E-state index < -0.39 is 10.0 Å². The first-order valence-corrected chi connectivity index (χ1v) is 10.8. The summed E-state index contributed by atoms with van der Waals surface area (Å²) in [5.74, 6) is 0.593. The van der Waals surface area contributed by atoms with E-state index in [0.717, 1.165) is 17.0 Å². The Balaban J connectivity index is 1.90. The maximum atomic E-state index is 13.1. The summed E-state index contributed by atoms with van der Waals surface area (Å²) in [7, 11) is -3.35. The number of hydrogen-bond acceptors (Lipinski definition) is 4. The van der Waals surface area contributed by atoms with Gasteiger partial charge in [-0.1, -0.05) is 6.07 Å². The number of carbonyl (C=O) groups excluding carboxylic acids is 1. The average Bonchev–Trinajstić information content (AvgIpc) is 3.07. The molecule has 1 heterocycles. The van der Waals surface area contributed by atoms with Crippen molar-refractivity contribution in [3.63, 3.8) is 0 Å². The lowest BCUT2D eigenvalue weighted by molar-refractivity contribution is 0.0988. The molecule has 0 saturated heterocycles. The van der Waals surface area contributed by atoms with E-state index in [1.165, 1.54) is 10.6 Å². The first-order chi connectivity index (χ1) is 12.8. The zero-order valence-corrected chi connectivity index (χ0v) is 16.6. The van der Waals surface area contributed by atoms with Crippen LogP contribution in [-0.4, -0.2) is 40.3 Å². The van der Waals surface area contributed by atoms with Crippen molar-refractivity contribution in [1.82, 2.24) is 0 Å². The Morgan fingerprint density at radius 2 is 1.85 bits per heavy atom. The average molecular weight is 388 g/mol. The Bertz CT molecular complexity index is 939. The van der Waals surface area contributed by atoms with E-state index in [0.29, 0.717) is 37.4 Å². The van der Waals surface area contributed by atoms with E-state index in [-0.39, 0.29) is 5.91 Å². The van der Waals surface area contributed by atoms with E-state index in [1.54, 1.807) is 17.0 Å². The van der Waals surface area contributed by atoms with Gasteiger partial charge in [0.25, 0.3) is 5.91 Å². The third-order valence-corrected chi connectivity index (χ3v) is 5.79. The van der Waals surface area contributed by atoms with E-state index in [1.807, 2.05) is 44.2 Å². The lowest BCUT2D eigenvalue weighted by atomic mass is 10.1. The molecule has 2 aromatic carbocycles. The molecule has 0 aromatic heterocycles. The fourth-order valence-electron chi connectivity index (χ4n) is 3.32. The molecule has 0 radical (unpaired) electrons. The summed E-state index contributed by atoms with van der Waals surface area (Å²) in [6.07, 6.45) is 1.85. The van der Waals surface area contributed by atoms with Crippen LogP contribution in [0.5, 0.6) is 5.75 Å². The molecule has 1 amide bonds. The number of carbonyl (C=O) groups is 1. The number of benzene rings is 2. The normalized spacial score (nSPS) is 13.4. The van der Waals surface area contributed by atoms with Crippen LogP contribution in [0.2, 0.25) is 0 Å². The number of sulfonamides is 1. The summed E-state index contributed by atoms with van der Waals surface area (Å²) >= 11 is 0. The van der Waals surface area contributed by atoms with Gasteiger partial charge in [0.2, 0.25) is 10.0 Å². The lowest BCUT2D eigenvalue weighted by Crippen LogP contribution is -2.31. The molecule has 0 unspecified atom stereocenters. The highest BCUT2D eigenvalue weighted by atomic mass is 32.2. The molecule has 0 atom stereocenters. The topological polar surface area (TPSA) is 66.9 Å². The van der Waals surface area contributed by atoms with Crippen molar-refractivity contribution in [2.45, 2.75) is 20.3 Å². The minimum atomic E-state index is -3.35. The van der Waals surface area contributed by atoms with Crippen LogP contribution >= 0.6 is 0 Å². The highest BCUT2D eigenvalue weighted by Crippen LogP contribution is 2.32. The first-order valence-electron chi connectivity index (χ1n) is 9.00. The van der Waals surface area contributed by atoms with Gasteiger partial charge < -0.3 is 9.64 Å². The van der Waals surface area contributed by atoms with Crippen LogP contribution in [0.25, 0.3) is 0 Å². The molecular weight excluding hydrogens is 364 g/mol. The molecule has 7 heteroatoms. The highest BCUT2D eigenvalue weighted by molar-refractivity contribution is 7.92. The third-order valence-electron chi connectivity index (χ3n) is 4.61. The zero-order valence-electron chi connectivity index (χ0n) is 15.8. The number of amides is 1. The second kappa shape index (κ2) is 7.60. The van der Waals surface area contributed by atoms with Gasteiger partial charge in [0.15, 0.2) is 0 Å². The van der Waals surface area contributed by atoms with E-state index in [4.69, 9.17) is 4.74 Å². The second-order valence-corrected chi connectivity index (χ2v) is 8.31. The van der Waals surface area contributed by atoms with Crippen molar-refractivity contribution >= 4 is 27.3 Å². The number of ether oxygens (including phenoxy) is 1. The van der Waals surface area contributed by atoms with Crippen LogP contribution in [0.15, 0.2) is 42.5 Å². The maximum absolute atomic E-state index is 13.1. The Labute approximate surface area is 160 Å². The quantitative estimate of drug-likeness (QED) is 0.763.